The summed E-state index contributed by atoms with van der Waals surface area (Å²) in [5, 5.41) is 4.15. The van der Waals surface area contributed by atoms with E-state index in [0.29, 0.717) is 5.69 Å². The average molecular weight is 390 g/mol. The number of allylic oxidation sites excluding steroid dienone is 1. The van der Waals surface area contributed by atoms with Gasteiger partial charge >= 0.3 is 0 Å². The van der Waals surface area contributed by atoms with E-state index in [9.17, 15) is 4.79 Å². The standard InChI is InChI=1S/C12H10Br2N2OS/c1-7-5-10(16(2)15-7)11(17)4-3-8-6-9(13)12(14)18-8/h3-6H,1-2H3/b4-3+. The smallest absolute Gasteiger partial charge is 0.203 e. The first-order valence-electron chi connectivity index (χ1n) is 5.15. The molecule has 0 bridgehead atoms. The van der Waals surface area contributed by atoms with E-state index in [1.807, 2.05) is 19.1 Å². The zero-order valence-electron chi connectivity index (χ0n) is 9.78. The molecule has 3 nitrogen and oxygen atoms in total. The van der Waals surface area contributed by atoms with Crippen LogP contribution in [0.1, 0.15) is 21.1 Å². The molecule has 0 N–H and O–H groups in total. The second kappa shape index (κ2) is 5.50. The number of rotatable bonds is 3. The van der Waals surface area contributed by atoms with Gasteiger partial charge < -0.3 is 0 Å². The predicted molar refractivity (Wildman–Crippen MR) is 81.0 cm³/mol. The third kappa shape index (κ3) is 2.99. The molecule has 2 aromatic heterocycles. The Balaban J connectivity index is 2.19. The van der Waals surface area contributed by atoms with Crippen molar-refractivity contribution >= 4 is 55.1 Å². The van der Waals surface area contributed by atoms with E-state index in [1.165, 1.54) is 0 Å². The largest absolute Gasteiger partial charge is 0.288 e. The molecule has 0 amide bonds. The second-order valence-corrected chi connectivity index (χ2v) is 7.02. The van der Waals surface area contributed by atoms with Crippen molar-refractivity contribution in [1.82, 2.24) is 9.78 Å². The maximum absolute atomic E-state index is 12.0. The van der Waals surface area contributed by atoms with E-state index in [1.54, 1.807) is 35.2 Å². The Labute approximate surface area is 126 Å². The fourth-order valence-corrected chi connectivity index (χ4v) is 3.52. The molecule has 0 spiro atoms. The molecule has 0 unspecified atom stereocenters. The Morgan fingerprint density at radius 3 is 2.67 bits per heavy atom. The van der Waals surface area contributed by atoms with Crippen molar-refractivity contribution in [2.75, 3.05) is 0 Å². The summed E-state index contributed by atoms with van der Waals surface area (Å²) in [6.07, 6.45) is 3.38. The number of carbonyl (C=O) groups is 1. The van der Waals surface area contributed by atoms with Crippen molar-refractivity contribution in [1.29, 1.82) is 0 Å². The summed E-state index contributed by atoms with van der Waals surface area (Å²) in [7, 11) is 1.77. The monoisotopic (exact) mass is 388 g/mol. The van der Waals surface area contributed by atoms with Crippen LogP contribution >= 0.6 is 43.2 Å². The average Bonchev–Trinajstić information content (AvgIpc) is 2.79. The molecule has 0 aliphatic heterocycles. The molecule has 0 aliphatic rings. The highest BCUT2D eigenvalue weighted by Gasteiger charge is 2.09. The van der Waals surface area contributed by atoms with Gasteiger partial charge in [0.05, 0.1) is 9.48 Å². The van der Waals surface area contributed by atoms with Gasteiger partial charge in [0.2, 0.25) is 5.78 Å². The molecule has 94 valence electrons. The van der Waals surface area contributed by atoms with Crippen LogP contribution in [0.2, 0.25) is 0 Å². The topological polar surface area (TPSA) is 34.9 Å². The number of hydrogen-bond donors (Lipinski definition) is 0. The number of thiophene rings is 1. The summed E-state index contributed by atoms with van der Waals surface area (Å²) in [6.45, 7) is 1.87. The van der Waals surface area contributed by atoms with Crippen LogP contribution in [0.15, 0.2) is 26.5 Å². The molecule has 0 radical (unpaired) electrons. The highest BCUT2D eigenvalue weighted by Crippen LogP contribution is 2.33. The van der Waals surface area contributed by atoms with Crippen molar-refractivity contribution in [2.45, 2.75) is 6.92 Å². The Kier molecular flexibility index (Phi) is 4.19. The lowest BCUT2D eigenvalue weighted by molar-refractivity contribution is 0.103. The Hall–Kier alpha value is -0.720. The van der Waals surface area contributed by atoms with Crippen molar-refractivity contribution in [3.63, 3.8) is 0 Å². The summed E-state index contributed by atoms with van der Waals surface area (Å²) in [6, 6.07) is 3.75. The first-order valence-corrected chi connectivity index (χ1v) is 7.55. The minimum Gasteiger partial charge on any atom is -0.288 e. The molecule has 2 rings (SSSR count). The van der Waals surface area contributed by atoms with E-state index in [0.717, 1.165) is 18.8 Å². The predicted octanol–water partition coefficient (Wildman–Crippen LogP) is 4.21. The van der Waals surface area contributed by atoms with Crippen LogP contribution < -0.4 is 0 Å². The summed E-state index contributed by atoms with van der Waals surface area (Å²) in [5.74, 6) is -0.0428. The SMILES string of the molecule is Cc1cc(C(=O)/C=C/c2cc(Br)c(Br)s2)n(C)n1. The normalized spacial score (nSPS) is 11.3. The fourth-order valence-electron chi connectivity index (χ4n) is 1.53. The number of ketones is 1. The lowest BCUT2D eigenvalue weighted by Crippen LogP contribution is -2.03. The molecule has 0 saturated heterocycles. The van der Waals surface area contributed by atoms with Gasteiger partial charge in [0.1, 0.15) is 5.69 Å². The lowest BCUT2D eigenvalue weighted by Gasteiger charge is -1.94. The Morgan fingerprint density at radius 2 is 2.17 bits per heavy atom. The third-order valence-electron chi connectivity index (χ3n) is 2.32. The van der Waals surface area contributed by atoms with Gasteiger partial charge in [-0.1, -0.05) is 0 Å². The first kappa shape index (κ1) is 13.7. The number of aromatic nitrogens is 2. The minimum absolute atomic E-state index is 0.0428. The Bertz CT molecular complexity index is 609. The highest BCUT2D eigenvalue weighted by atomic mass is 79.9. The van der Waals surface area contributed by atoms with Gasteiger partial charge in [-0.2, -0.15) is 5.10 Å². The third-order valence-corrected chi connectivity index (χ3v) is 5.54. The zero-order valence-corrected chi connectivity index (χ0v) is 13.8. The summed E-state index contributed by atoms with van der Waals surface area (Å²) < 4.78 is 3.62. The molecule has 0 aliphatic carbocycles. The van der Waals surface area contributed by atoms with E-state index in [4.69, 9.17) is 0 Å². The Morgan fingerprint density at radius 1 is 1.44 bits per heavy atom. The number of hydrogen-bond acceptors (Lipinski definition) is 3. The summed E-state index contributed by atoms with van der Waals surface area (Å²) in [4.78, 5) is 13.0. The van der Waals surface area contributed by atoms with Gasteiger partial charge in [0.15, 0.2) is 0 Å². The maximum atomic E-state index is 12.0. The number of halogens is 2. The molecule has 0 saturated carbocycles. The van der Waals surface area contributed by atoms with Crippen LogP contribution in [0.3, 0.4) is 0 Å². The maximum Gasteiger partial charge on any atom is 0.203 e. The van der Waals surface area contributed by atoms with Crippen molar-refractivity contribution in [3.05, 3.63) is 42.7 Å². The lowest BCUT2D eigenvalue weighted by atomic mass is 10.2. The molecular weight excluding hydrogens is 380 g/mol. The van der Waals surface area contributed by atoms with Crippen LogP contribution in [0.4, 0.5) is 0 Å². The molecule has 0 aromatic carbocycles. The van der Waals surface area contributed by atoms with E-state index in [2.05, 4.69) is 37.0 Å². The molecule has 2 aromatic rings. The zero-order chi connectivity index (χ0) is 13.3. The van der Waals surface area contributed by atoms with Gasteiger partial charge in [-0.3, -0.25) is 9.48 Å². The van der Waals surface area contributed by atoms with Crippen LogP contribution in [-0.4, -0.2) is 15.6 Å². The molecule has 18 heavy (non-hydrogen) atoms. The van der Waals surface area contributed by atoms with E-state index < -0.39 is 0 Å². The van der Waals surface area contributed by atoms with Crippen LogP contribution in [0.25, 0.3) is 6.08 Å². The number of carbonyl (C=O) groups excluding carboxylic acids is 1. The quantitative estimate of drug-likeness (QED) is 0.582. The summed E-state index contributed by atoms with van der Waals surface area (Å²) >= 11 is 8.40. The molecule has 2 heterocycles. The second-order valence-electron chi connectivity index (χ2n) is 3.76. The highest BCUT2D eigenvalue weighted by molar-refractivity contribution is 9.13. The van der Waals surface area contributed by atoms with Gasteiger partial charge in [-0.25, -0.2) is 0 Å². The molecule has 0 fully saturated rings. The minimum atomic E-state index is -0.0428. The van der Waals surface area contributed by atoms with Crippen molar-refractivity contribution in [2.24, 2.45) is 7.05 Å². The van der Waals surface area contributed by atoms with Gasteiger partial charge in [-0.05, 0) is 63.1 Å². The van der Waals surface area contributed by atoms with Crippen molar-refractivity contribution in [3.8, 4) is 0 Å². The van der Waals surface area contributed by atoms with Crippen molar-refractivity contribution < 1.29 is 4.79 Å². The molecule has 0 atom stereocenters. The molecular formula is C12H10Br2N2OS. The van der Waals surface area contributed by atoms with Crippen LogP contribution in [0, 0.1) is 6.92 Å². The van der Waals surface area contributed by atoms with Gasteiger partial charge in [0.25, 0.3) is 0 Å². The molecule has 6 heteroatoms. The van der Waals surface area contributed by atoms with Gasteiger partial charge in [-0.15, -0.1) is 11.3 Å². The number of nitrogens with zero attached hydrogens (tertiary/aromatic N) is 2. The van der Waals surface area contributed by atoms with Crippen LogP contribution in [-0.2, 0) is 7.05 Å². The first-order chi connectivity index (χ1) is 8.47. The van der Waals surface area contributed by atoms with E-state index >= 15 is 0 Å². The number of aryl methyl sites for hydroxylation is 2. The fraction of sp³-hybridized carbons (Fsp3) is 0.167. The van der Waals surface area contributed by atoms with Gasteiger partial charge in [0, 0.05) is 16.4 Å². The van der Waals surface area contributed by atoms with Crippen LogP contribution in [0.5, 0.6) is 0 Å². The van der Waals surface area contributed by atoms with E-state index in [-0.39, 0.29) is 5.78 Å². The summed E-state index contributed by atoms with van der Waals surface area (Å²) in [5.41, 5.74) is 1.44.